The van der Waals surface area contributed by atoms with Gasteiger partial charge in [0, 0.05) is 18.5 Å². The predicted octanol–water partition coefficient (Wildman–Crippen LogP) is 3.25. The van der Waals surface area contributed by atoms with Crippen molar-refractivity contribution in [3.05, 3.63) is 54.3 Å². The lowest BCUT2D eigenvalue weighted by atomic mass is 10.2. The quantitative estimate of drug-likeness (QED) is 0.623. The Morgan fingerprint density at radius 3 is 2.72 bits per heavy atom. The van der Waals surface area contributed by atoms with Crippen molar-refractivity contribution in [3.63, 3.8) is 0 Å². The van der Waals surface area contributed by atoms with Crippen molar-refractivity contribution >= 4 is 0 Å². The minimum Gasteiger partial charge on any atom is -0.497 e. The van der Waals surface area contributed by atoms with Crippen molar-refractivity contribution in [2.24, 2.45) is 0 Å². The lowest BCUT2D eigenvalue weighted by molar-refractivity contribution is 0.208. The van der Waals surface area contributed by atoms with E-state index in [1.807, 2.05) is 41.3 Å². The maximum Gasteiger partial charge on any atom is 0.241 e. The van der Waals surface area contributed by atoms with Gasteiger partial charge >= 0.3 is 0 Å². The molecule has 0 spiro atoms. The highest BCUT2D eigenvalue weighted by atomic mass is 16.5. The summed E-state index contributed by atoms with van der Waals surface area (Å²) in [6, 6.07) is 13.3. The minimum absolute atomic E-state index is 0.417. The molecule has 25 heavy (non-hydrogen) atoms. The highest BCUT2D eigenvalue weighted by molar-refractivity contribution is 5.55. The van der Waals surface area contributed by atoms with E-state index in [1.54, 1.807) is 13.4 Å². The fourth-order valence-corrected chi connectivity index (χ4v) is 2.41. The third kappa shape index (κ3) is 4.46. The van der Waals surface area contributed by atoms with Crippen LogP contribution in [0, 0.1) is 11.3 Å². The Balaban J connectivity index is 1.69. The molecule has 0 saturated carbocycles. The number of hydrogen-bond donors (Lipinski definition) is 0. The summed E-state index contributed by atoms with van der Waals surface area (Å²) in [6.45, 7) is 1.62. The fourth-order valence-electron chi connectivity index (χ4n) is 2.41. The molecule has 128 valence electrons. The zero-order valence-electron chi connectivity index (χ0n) is 13.9. The average Bonchev–Trinajstić information content (AvgIpc) is 3.32. The van der Waals surface area contributed by atoms with Crippen LogP contribution in [0.15, 0.2) is 51.6 Å². The molecule has 3 aromatic rings. The van der Waals surface area contributed by atoms with Crippen LogP contribution in [-0.2, 0) is 13.1 Å². The first-order valence-corrected chi connectivity index (χ1v) is 7.87. The third-order valence-corrected chi connectivity index (χ3v) is 3.67. The Kier molecular flexibility index (Phi) is 5.44. The van der Waals surface area contributed by atoms with Gasteiger partial charge in [-0.2, -0.15) is 10.2 Å². The largest absolute Gasteiger partial charge is 0.497 e. The number of benzene rings is 1. The van der Waals surface area contributed by atoms with E-state index in [4.69, 9.17) is 18.9 Å². The van der Waals surface area contributed by atoms with E-state index in [2.05, 4.69) is 16.2 Å². The van der Waals surface area contributed by atoms with E-state index in [1.165, 1.54) is 0 Å². The number of furan rings is 1. The highest BCUT2D eigenvalue weighted by Crippen LogP contribution is 2.20. The van der Waals surface area contributed by atoms with Gasteiger partial charge in [-0.15, -0.1) is 0 Å². The second-order valence-corrected chi connectivity index (χ2v) is 5.44. The Labute approximate surface area is 145 Å². The van der Waals surface area contributed by atoms with Gasteiger partial charge in [-0.25, -0.2) is 0 Å². The van der Waals surface area contributed by atoms with Crippen LogP contribution in [0.5, 0.6) is 5.75 Å². The first kappa shape index (κ1) is 16.7. The summed E-state index contributed by atoms with van der Waals surface area (Å²) < 4.78 is 15.9. The van der Waals surface area contributed by atoms with Crippen LogP contribution in [-0.4, -0.2) is 28.7 Å². The Morgan fingerprint density at radius 2 is 2.04 bits per heavy atom. The molecule has 7 heteroatoms. The summed E-state index contributed by atoms with van der Waals surface area (Å²) >= 11 is 0. The van der Waals surface area contributed by atoms with Crippen LogP contribution >= 0.6 is 0 Å². The first-order chi connectivity index (χ1) is 12.3. The van der Waals surface area contributed by atoms with Crippen molar-refractivity contribution in [2.45, 2.75) is 19.5 Å². The SMILES string of the molecule is COc1ccc(-c2noc(CN(CCC#N)Cc3ccco3)n2)cc1. The van der Waals surface area contributed by atoms with Crippen LogP contribution in [0.2, 0.25) is 0 Å². The highest BCUT2D eigenvalue weighted by Gasteiger charge is 2.14. The smallest absolute Gasteiger partial charge is 0.241 e. The standard InChI is InChI=1S/C18H18N4O3/c1-23-15-7-5-14(6-8-15)18-20-17(25-21-18)13-22(10-3-9-19)12-16-4-2-11-24-16/h2,4-8,11H,3,10,12-13H2,1H3. The number of hydrogen-bond acceptors (Lipinski definition) is 7. The van der Waals surface area contributed by atoms with Crippen molar-refractivity contribution in [1.82, 2.24) is 15.0 Å². The molecule has 0 aliphatic carbocycles. The second kappa shape index (κ2) is 8.13. The zero-order chi connectivity index (χ0) is 17.5. The number of ether oxygens (including phenoxy) is 1. The van der Waals surface area contributed by atoms with Gasteiger partial charge in [0.2, 0.25) is 11.7 Å². The Morgan fingerprint density at radius 1 is 1.20 bits per heavy atom. The number of nitriles is 1. The van der Waals surface area contributed by atoms with E-state index in [0.29, 0.717) is 37.8 Å². The van der Waals surface area contributed by atoms with Crippen molar-refractivity contribution in [3.8, 4) is 23.2 Å². The lowest BCUT2D eigenvalue weighted by Crippen LogP contribution is -2.23. The molecule has 0 fully saturated rings. The molecule has 0 aliphatic heterocycles. The Hall–Kier alpha value is -3.11. The molecular formula is C18H18N4O3. The number of methoxy groups -OCH3 is 1. The van der Waals surface area contributed by atoms with E-state index < -0.39 is 0 Å². The summed E-state index contributed by atoms with van der Waals surface area (Å²) in [4.78, 5) is 6.47. The van der Waals surface area contributed by atoms with Crippen molar-refractivity contribution < 1.29 is 13.7 Å². The monoisotopic (exact) mass is 338 g/mol. The van der Waals surface area contributed by atoms with Gasteiger partial charge in [-0.05, 0) is 36.4 Å². The molecule has 2 heterocycles. The van der Waals surface area contributed by atoms with Gasteiger partial charge in [0.25, 0.3) is 0 Å². The predicted molar refractivity (Wildman–Crippen MR) is 89.3 cm³/mol. The first-order valence-electron chi connectivity index (χ1n) is 7.87. The summed E-state index contributed by atoms with van der Waals surface area (Å²) in [7, 11) is 1.62. The normalized spacial score (nSPS) is 10.8. The van der Waals surface area contributed by atoms with Gasteiger partial charge in [-0.3, -0.25) is 4.90 Å². The van der Waals surface area contributed by atoms with E-state index in [-0.39, 0.29) is 0 Å². The van der Waals surface area contributed by atoms with Crippen LogP contribution in [0.1, 0.15) is 18.1 Å². The Bertz CT molecular complexity index is 819. The third-order valence-electron chi connectivity index (χ3n) is 3.67. The van der Waals surface area contributed by atoms with Crippen LogP contribution in [0.3, 0.4) is 0 Å². The van der Waals surface area contributed by atoms with Gasteiger partial charge in [0.1, 0.15) is 11.5 Å². The lowest BCUT2D eigenvalue weighted by Gasteiger charge is -2.17. The minimum atomic E-state index is 0.417. The molecule has 7 nitrogen and oxygen atoms in total. The van der Waals surface area contributed by atoms with Crippen LogP contribution in [0.4, 0.5) is 0 Å². The molecular weight excluding hydrogens is 320 g/mol. The van der Waals surface area contributed by atoms with Crippen LogP contribution in [0.25, 0.3) is 11.4 Å². The average molecular weight is 338 g/mol. The molecule has 0 atom stereocenters. The molecule has 1 aromatic carbocycles. The molecule has 0 amide bonds. The van der Waals surface area contributed by atoms with Crippen molar-refractivity contribution in [2.75, 3.05) is 13.7 Å². The van der Waals surface area contributed by atoms with Crippen LogP contribution < -0.4 is 4.74 Å². The number of rotatable bonds is 8. The maximum atomic E-state index is 8.84. The maximum absolute atomic E-state index is 8.84. The molecule has 0 unspecified atom stereocenters. The molecule has 0 saturated heterocycles. The summed E-state index contributed by atoms with van der Waals surface area (Å²) in [5.74, 6) is 2.62. The summed E-state index contributed by atoms with van der Waals surface area (Å²) in [5, 5.41) is 12.9. The van der Waals surface area contributed by atoms with Gasteiger partial charge in [0.05, 0.1) is 32.5 Å². The molecule has 0 bridgehead atoms. The second-order valence-electron chi connectivity index (χ2n) is 5.44. The van der Waals surface area contributed by atoms with E-state index >= 15 is 0 Å². The van der Waals surface area contributed by atoms with Gasteiger partial charge in [-0.1, -0.05) is 5.16 Å². The molecule has 0 aliphatic rings. The van der Waals surface area contributed by atoms with Gasteiger partial charge in [0.15, 0.2) is 0 Å². The van der Waals surface area contributed by atoms with E-state index in [9.17, 15) is 0 Å². The fraction of sp³-hybridized carbons (Fsp3) is 0.278. The molecule has 2 aromatic heterocycles. The van der Waals surface area contributed by atoms with Gasteiger partial charge < -0.3 is 13.7 Å². The summed E-state index contributed by atoms with van der Waals surface area (Å²) in [6.07, 6.45) is 2.05. The summed E-state index contributed by atoms with van der Waals surface area (Å²) in [5.41, 5.74) is 0.852. The van der Waals surface area contributed by atoms with Crippen molar-refractivity contribution in [1.29, 1.82) is 5.26 Å². The number of aromatic nitrogens is 2. The van der Waals surface area contributed by atoms with E-state index in [0.717, 1.165) is 17.1 Å². The zero-order valence-corrected chi connectivity index (χ0v) is 13.9. The molecule has 3 rings (SSSR count). The number of nitrogens with zero attached hydrogens (tertiary/aromatic N) is 4. The molecule has 0 N–H and O–H groups in total. The topological polar surface area (TPSA) is 88.3 Å². The molecule has 0 radical (unpaired) electrons.